The van der Waals surface area contributed by atoms with Crippen LogP contribution >= 0.6 is 12.6 Å². The van der Waals surface area contributed by atoms with Crippen molar-refractivity contribution in [2.45, 2.75) is 100 Å². The Morgan fingerprint density at radius 3 is 1.62 bits per heavy atom. The molecule has 0 aromatic heterocycles. The minimum absolute atomic E-state index is 0.913. The molecule has 2 rings (SSSR count). The molecule has 2 aliphatic carbocycles. The second-order valence-corrected chi connectivity index (χ2v) is 8.25. The largest absolute Gasteiger partial charge is 0.143 e. The molecule has 0 spiro atoms. The molecule has 0 radical (unpaired) electrons. The zero-order valence-corrected chi connectivity index (χ0v) is 19.9. The SMILES string of the molecule is C=C(S)C(=C(C)C)C1=C(C)CCC1.C=CC.CC.CC1CCC(C)CC1. The third-order valence-corrected chi connectivity index (χ3v) is 5.11. The monoisotopic (exact) mass is 378 g/mol. The van der Waals surface area contributed by atoms with Gasteiger partial charge in [0.2, 0.25) is 0 Å². The lowest BCUT2D eigenvalue weighted by molar-refractivity contribution is 0.308. The molecule has 0 unspecified atom stereocenters. The van der Waals surface area contributed by atoms with Crippen LogP contribution in [-0.4, -0.2) is 0 Å². The second kappa shape index (κ2) is 16.5. The Balaban J connectivity index is 0. The van der Waals surface area contributed by atoms with Crippen LogP contribution in [0.15, 0.2) is 46.4 Å². The Labute approximate surface area is 171 Å². The normalized spacial score (nSPS) is 21.1. The van der Waals surface area contributed by atoms with E-state index in [9.17, 15) is 0 Å². The van der Waals surface area contributed by atoms with Crippen molar-refractivity contribution < 1.29 is 0 Å². The lowest BCUT2D eigenvalue weighted by Gasteiger charge is -2.22. The van der Waals surface area contributed by atoms with E-state index in [1.54, 1.807) is 6.08 Å². The molecule has 0 atom stereocenters. The van der Waals surface area contributed by atoms with Crippen molar-refractivity contribution in [2.75, 3.05) is 0 Å². The van der Waals surface area contributed by atoms with E-state index in [1.165, 1.54) is 67.2 Å². The molecule has 0 amide bonds. The summed E-state index contributed by atoms with van der Waals surface area (Å²) in [6.45, 7) is 24.4. The first-order valence-electron chi connectivity index (χ1n) is 10.6. The Bertz CT molecular complexity index is 443. The van der Waals surface area contributed by atoms with E-state index in [1.807, 2.05) is 20.8 Å². The van der Waals surface area contributed by atoms with Gasteiger partial charge in [-0.1, -0.05) is 77.2 Å². The summed E-state index contributed by atoms with van der Waals surface area (Å²) < 4.78 is 0. The highest BCUT2D eigenvalue weighted by molar-refractivity contribution is 7.84. The van der Waals surface area contributed by atoms with E-state index < -0.39 is 0 Å². The predicted octanol–water partition coefficient (Wildman–Crippen LogP) is 9.32. The van der Waals surface area contributed by atoms with Crippen molar-refractivity contribution >= 4 is 12.6 Å². The molecule has 0 nitrogen and oxygen atoms in total. The van der Waals surface area contributed by atoms with Gasteiger partial charge in [-0.05, 0) is 69.9 Å². The van der Waals surface area contributed by atoms with Gasteiger partial charge in [-0.2, -0.15) is 0 Å². The maximum absolute atomic E-state index is 4.36. The molecule has 0 aliphatic heterocycles. The zero-order chi connectivity index (χ0) is 20.7. The summed E-state index contributed by atoms with van der Waals surface area (Å²) in [5.41, 5.74) is 5.63. The van der Waals surface area contributed by atoms with Crippen molar-refractivity contribution in [1.29, 1.82) is 0 Å². The summed E-state index contributed by atoms with van der Waals surface area (Å²) in [6, 6.07) is 0. The third-order valence-electron chi connectivity index (χ3n) is 4.89. The Morgan fingerprint density at radius 2 is 1.38 bits per heavy atom. The van der Waals surface area contributed by atoms with Crippen LogP contribution in [0, 0.1) is 11.8 Å². The van der Waals surface area contributed by atoms with Gasteiger partial charge in [0.15, 0.2) is 0 Å². The molecule has 0 heterocycles. The number of hydrogen-bond donors (Lipinski definition) is 1. The maximum Gasteiger partial charge on any atom is 0.00426 e. The standard InChI is InChI=1S/C12H18S.C8H16.C3H6.C2H6/c1-8(2)12(10(4)13)11-7-5-6-9(11)3;1-7-3-5-8(2)6-4-7;1-3-2;1-2/h13H,4-7H2,1-3H3;7-8H,3-6H2,1-2H3;3H,1H2,2H3;1-2H3. The number of allylic oxidation sites excluding steroid dienone is 5. The summed E-state index contributed by atoms with van der Waals surface area (Å²) in [5.74, 6) is 2.04. The molecule has 152 valence electrons. The van der Waals surface area contributed by atoms with E-state index in [-0.39, 0.29) is 0 Å². The number of hydrogen-bond acceptors (Lipinski definition) is 1. The van der Waals surface area contributed by atoms with Gasteiger partial charge in [-0.25, -0.2) is 0 Å². The van der Waals surface area contributed by atoms with Gasteiger partial charge in [-0.3, -0.25) is 0 Å². The molecule has 1 heteroatoms. The summed E-state index contributed by atoms with van der Waals surface area (Å²) >= 11 is 4.36. The average molecular weight is 379 g/mol. The highest BCUT2D eigenvalue weighted by Crippen LogP contribution is 2.36. The molecule has 0 bridgehead atoms. The fourth-order valence-corrected chi connectivity index (χ4v) is 3.78. The zero-order valence-electron chi connectivity index (χ0n) is 19.0. The maximum atomic E-state index is 4.36. The fraction of sp³-hybridized carbons (Fsp3) is 0.680. The van der Waals surface area contributed by atoms with Gasteiger partial charge in [0, 0.05) is 4.91 Å². The lowest BCUT2D eigenvalue weighted by atomic mass is 9.84. The Morgan fingerprint density at radius 1 is 1.00 bits per heavy atom. The molecule has 26 heavy (non-hydrogen) atoms. The minimum Gasteiger partial charge on any atom is -0.143 e. The van der Waals surface area contributed by atoms with Crippen LogP contribution in [0.5, 0.6) is 0 Å². The first-order valence-corrected chi connectivity index (χ1v) is 11.0. The molecule has 0 aromatic rings. The molecular weight excluding hydrogens is 332 g/mol. The molecule has 0 saturated heterocycles. The quantitative estimate of drug-likeness (QED) is 0.276. The van der Waals surface area contributed by atoms with E-state index in [4.69, 9.17) is 0 Å². The topological polar surface area (TPSA) is 0 Å². The van der Waals surface area contributed by atoms with Crippen LogP contribution in [0.25, 0.3) is 0 Å². The van der Waals surface area contributed by atoms with Crippen molar-refractivity contribution in [3.63, 3.8) is 0 Å². The molecule has 1 fully saturated rings. The molecule has 0 aromatic carbocycles. The Kier molecular flexibility index (Phi) is 17.4. The Hall–Kier alpha value is -0.690. The van der Waals surface area contributed by atoms with E-state index in [0.29, 0.717) is 0 Å². The molecule has 1 saturated carbocycles. The van der Waals surface area contributed by atoms with Gasteiger partial charge in [0.25, 0.3) is 0 Å². The first-order chi connectivity index (χ1) is 12.2. The van der Waals surface area contributed by atoms with E-state index >= 15 is 0 Å². The van der Waals surface area contributed by atoms with Gasteiger partial charge >= 0.3 is 0 Å². The number of rotatable bonds is 2. The molecule has 2 aliphatic rings. The third kappa shape index (κ3) is 11.8. The summed E-state index contributed by atoms with van der Waals surface area (Å²) in [6.07, 6.45) is 11.4. The van der Waals surface area contributed by atoms with Gasteiger partial charge in [0.05, 0.1) is 0 Å². The van der Waals surface area contributed by atoms with Crippen LogP contribution in [-0.2, 0) is 0 Å². The van der Waals surface area contributed by atoms with Crippen molar-refractivity contribution in [3.05, 3.63) is 46.4 Å². The van der Waals surface area contributed by atoms with E-state index in [0.717, 1.165) is 16.7 Å². The summed E-state index contributed by atoms with van der Waals surface area (Å²) in [4.78, 5) is 0.913. The fourth-order valence-electron chi connectivity index (χ4n) is 3.42. The van der Waals surface area contributed by atoms with Crippen LogP contribution in [0.3, 0.4) is 0 Å². The van der Waals surface area contributed by atoms with Crippen molar-refractivity contribution in [1.82, 2.24) is 0 Å². The number of thiol groups is 1. The lowest BCUT2D eigenvalue weighted by Crippen LogP contribution is -2.08. The van der Waals surface area contributed by atoms with Crippen molar-refractivity contribution in [2.24, 2.45) is 11.8 Å². The van der Waals surface area contributed by atoms with Crippen LogP contribution < -0.4 is 0 Å². The molecular formula is C25H46S. The van der Waals surface area contributed by atoms with Gasteiger partial charge in [0.1, 0.15) is 0 Å². The van der Waals surface area contributed by atoms with Crippen molar-refractivity contribution in [3.8, 4) is 0 Å². The highest BCUT2D eigenvalue weighted by Gasteiger charge is 2.16. The van der Waals surface area contributed by atoms with Crippen LogP contribution in [0.4, 0.5) is 0 Å². The predicted molar refractivity (Wildman–Crippen MR) is 127 cm³/mol. The second-order valence-electron chi connectivity index (χ2n) is 7.71. The first kappa shape index (κ1) is 27.5. The minimum atomic E-state index is 0.913. The summed E-state index contributed by atoms with van der Waals surface area (Å²) in [7, 11) is 0. The smallest absolute Gasteiger partial charge is 0.00426 e. The average Bonchev–Trinajstić information content (AvgIpc) is 2.99. The van der Waals surface area contributed by atoms with Crippen LogP contribution in [0.2, 0.25) is 0 Å². The summed E-state index contributed by atoms with van der Waals surface area (Å²) in [5, 5.41) is 0. The highest BCUT2D eigenvalue weighted by atomic mass is 32.1. The van der Waals surface area contributed by atoms with Gasteiger partial charge in [-0.15, -0.1) is 19.2 Å². The van der Waals surface area contributed by atoms with E-state index in [2.05, 4.69) is 60.4 Å². The van der Waals surface area contributed by atoms with Crippen LogP contribution in [0.1, 0.15) is 100 Å². The molecule has 0 N–H and O–H groups in total. The van der Waals surface area contributed by atoms with Gasteiger partial charge < -0.3 is 0 Å².